The third-order valence-corrected chi connectivity index (χ3v) is 3.70. The van der Waals surface area contributed by atoms with Crippen molar-refractivity contribution in [2.24, 2.45) is 0 Å². The largest absolute Gasteiger partial charge is 0.494 e. The van der Waals surface area contributed by atoms with E-state index in [1.165, 1.54) is 18.1 Å². The minimum absolute atomic E-state index is 0.0916. The molecule has 0 saturated heterocycles. The van der Waals surface area contributed by atoms with E-state index >= 15 is 0 Å². The van der Waals surface area contributed by atoms with Crippen molar-refractivity contribution >= 4 is 5.91 Å². The van der Waals surface area contributed by atoms with E-state index in [4.69, 9.17) is 14.2 Å². The number of rotatable bonds is 8. The van der Waals surface area contributed by atoms with Gasteiger partial charge in [0.1, 0.15) is 0 Å². The smallest absolute Gasteiger partial charge is 0.226 e. The second-order valence-electron chi connectivity index (χ2n) is 5.47. The minimum atomic E-state index is -0.444. The van der Waals surface area contributed by atoms with Gasteiger partial charge in [0.05, 0.1) is 27.2 Å². The fourth-order valence-corrected chi connectivity index (χ4v) is 2.35. The predicted octanol–water partition coefficient (Wildman–Crippen LogP) is 3.27. The van der Waals surface area contributed by atoms with Crippen molar-refractivity contribution in [1.82, 2.24) is 4.90 Å². The number of nitrogens with zero attached hydrogens (tertiary/aromatic N) is 1. The highest BCUT2D eigenvalue weighted by Gasteiger charge is 2.12. The van der Waals surface area contributed by atoms with Gasteiger partial charge in [0.2, 0.25) is 5.91 Å². The first-order chi connectivity index (χ1) is 12.0. The molecule has 5 nitrogen and oxygen atoms in total. The monoisotopic (exact) mass is 347 g/mol. The van der Waals surface area contributed by atoms with Crippen LogP contribution in [-0.2, 0) is 11.3 Å². The Bertz CT molecular complexity index is 720. The van der Waals surface area contributed by atoms with Crippen LogP contribution in [0.4, 0.5) is 4.39 Å². The second kappa shape index (κ2) is 8.92. The third-order valence-electron chi connectivity index (χ3n) is 3.70. The molecular formula is C19H22FNO4. The van der Waals surface area contributed by atoms with Crippen molar-refractivity contribution in [3.8, 4) is 17.2 Å². The molecule has 1 amide bonds. The van der Waals surface area contributed by atoms with Crippen molar-refractivity contribution in [1.29, 1.82) is 0 Å². The molecule has 25 heavy (non-hydrogen) atoms. The van der Waals surface area contributed by atoms with Crippen LogP contribution in [0.15, 0.2) is 42.5 Å². The molecule has 0 heterocycles. The van der Waals surface area contributed by atoms with Crippen LogP contribution in [0.2, 0.25) is 0 Å². The van der Waals surface area contributed by atoms with E-state index in [1.54, 1.807) is 38.4 Å². The second-order valence-corrected chi connectivity index (χ2v) is 5.47. The SMILES string of the molecule is COc1ccc(CN(C)C(=O)CCOc2ccccc2OC)cc1F. The fourth-order valence-electron chi connectivity index (χ4n) is 2.35. The molecule has 0 aliphatic carbocycles. The van der Waals surface area contributed by atoms with Gasteiger partial charge in [-0.05, 0) is 29.8 Å². The molecular weight excluding hydrogens is 325 g/mol. The Morgan fingerprint density at radius 2 is 1.72 bits per heavy atom. The van der Waals surface area contributed by atoms with Crippen molar-refractivity contribution in [2.75, 3.05) is 27.9 Å². The van der Waals surface area contributed by atoms with Crippen LogP contribution in [0.1, 0.15) is 12.0 Å². The molecule has 0 saturated carbocycles. The van der Waals surface area contributed by atoms with E-state index in [2.05, 4.69) is 0 Å². The Kier molecular flexibility index (Phi) is 6.62. The molecule has 134 valence electrons. The van der Waals surface area contributed by atoms with Gasteiger partial charge >= 0.3 is 0 Å². The lowest BCUT2D eigenvalue weighted by molar-refractivity contribution is -0.130. The van der Waals surface area contributed by atoms with Crippen LogP contribution in [0.25, 0.3) is 0 Å². The van der Waals surface area contributed by atoms with Gasteiger partial charge in [-0.1, -0.05) is 18.2 Å². The number of hydrogen-bond acceptors (Lipinski definition) is 4. The summed E-state index contributed by atoms with van der Waals surface area (Å²) in [5.74, 6) is 0.865. The Hall–Kier alpha value is -2.76. The highest BCUT2D eigenvalue weighted by molar-refractivity contribution is 5.76. The van der Waals surface area contributed by atoms with E-state index in [-0.39, 0.29) is 24.7 Å². The van der Waals surface area contributed by atoms with Crippen LogP contribution in [0.3, 0.4) is 0 Å². The predicted molar refractivity (Wildman–Crippen MR) is 92.5 cm³/mol. The Balaban J connectivity index is 1.85. The lowest BCUT2D eigenvalue weighted by atomic mass is 10.2. The maximum atomic E-state index is 13.7. The maximum Gasteiger partial charge on any atom is 0.226 e. The van der Waals surface area contributed by atoms with Crippen molar-refractivity contribution < 1.29 is 23.4 Å². The van der Waals surface area contributed by atoms with E-state index < -0.39 is 5.82 Å². The number of ether oxygens (including phenoxy) is 3. The summed E-state index contributed by atoms with van der Waals surface area (Å²) in [7, 11) is 4.65. The number of methoxy groups -OCH3 is 2. The molecule has 0 aromatic heterocycles. The average molecular weight is 347 g/mol. The number of carbonyl (C=O) groups is 1. The molecule has 6 heteroatoms. The van der Waals surface area contributed by atoms with Gasteiger partial charge in [-0.3, -0.25) is 4.79 Å². The number of halogens is 1. The summed E-state index contributed by atoms with van der Waals surface area (Å²) < 4.78 is 29.4. The van der Waals surface area contributed by atoms with Crippen LogP contribution in [-0.4, -0.2) is 38.7 Å². The zero-order valence-corrected chi connectivity index (χ0v) is 14.6. The first-order valence-electron chi connectivity index (χ1n) is 7.87. The summed E-state index contributed by atoms with van der Waals surface area (Å²) in [5, 5.41) is 0. The number of para-hydroxylation sites is 2. The lowest BCUT2D eigenvalue weighted by Gasteiger charge is -2.18. The van der Waals surface area contributed by atoms with E-state index in [1.807, 2.05) is 12.1 Å². The normalized spacial score (nSPS) is 10.2. The van der Waals surface area contributed by atoms with Gasteiger partial charge < -0.3 is 19.1 Å². The van der Waals surface area contributed by atoms with E-state index in [0.717, 1.165) is 0 Å². The van der Waals surface area contributed by atoms with Gasteiger partial charge in [-0.2, -0.15) is 0 Å². The summed E-state index contributed by atoms with van der Waals surface area (Å²) >= 11 is 0. The molecule has 0 atom stereocenters. The Labute approximate surface area is 146 Å². The molecule has 0 N–H and O–H groups in total. The topological polar surface area (TPSA) is 48.0 Å². The zero-order chi connectivity index (χ0) is 18.2. The Morgan fingerprint density at radius 3 is 2.36 bits per heavy atom. The summed E-state index contributed by atoms with van der Waals surface area (Å²) in [4.78, 5) is 13.7. The van der Waals surface area contributed by atoms with Gasteiger partial charge in [0.25, 0.3) is 0 Å². The molecule has 0 spiro atoms. The summed E-state index contributed by atoms with van der Waals surface area (Å²) in [5.41, 5.74) is 0.694. The van der Waals surface area contributed by atoms with Crippen LogP contribution < -0.4 is 14.2 Å². The molecule has 0 aliphatic rings. The minimum Gasteiger partial charge on any atom is -0.494 e. The molecule has 2 rings (SSSR count). The van der Waals surface area contributed by atoms with Crippen molar-refractivity contribution in [2.45, 2.75) is 13.0 Å². The Morgan fingerprint density at radius 1 is 1.04 bits per heavy atom. The highest BCUT2D eigenvalue weighted by atomic mass is 19.1. The van der Waals surface area contributed by atoms with Crippen LogP contribution >= 0.6 is 0 Å². The first-order valence-corrected chi connectivity index (χ1v) is 7.87. The van der Waals surface area contributed by atoms with Gasteiger partial charge in [-0.15, -0.1) is 0 Å². The molecule has 0 radical (unpaired) electrons. The molecule has 2 aromatic rings. The highest BCUT2D eigenvalue weighted by Crippen LogP contribution is 2.25. The molecule has 2 aromatic carbocycles. The number of hydrogen-bond donors (Lipinski definition) is 0. The lowest BCUT2D eigenvalue weighted by Crippen LogP contribution is -2.27. The molecule has 0 fully saturated rings. The average Bonchev–Trinajstić information content (AvgIpc) is 2.62. The van der Waals surface area contributed by atoms with Crippen molar-refractivity contribution in [3.05, 3.63) is 53.8 Å². The van der Waals surface area contributed by atoms with Crippen molar-refractivity contribution in [3.63, 3.8) is 0 Å². The summed E-state index contributed by atoms with van der Waals surface area (Å²) in [6.45, 7) is 0.551. The summed E-state index contributed by atoms with van der Waals surface area (Å²) in [6.07, 6.45) is 0.215. The fraction of sp³-hybridized carbons (Fsp3) is 0.316. The third kappa shape index (κ3) is 5.11. The summed E-state index contributed by atoms with van der Waals surface area (Å²) in [6, 6.07) is 11.9. The maximum absolute atomic E-state index is 13.7. The first kappa shape index (κ1) is 18.6. The van der Waals surface area contributed by atoms with E-state index in [0.29, 0.717) is 23.6 Å². The number of carbonyl (C=O) groups excluding carboxylic acids is 1. The number of benzene rings is 2. The molecule has 0 bridgehead atoms. The van der Waals surface area contributed by atoms with Crippen LogP contribution in [0.5, 0.6) is 17.2 Å². The standard InChI is InChI=1S/C19H22FNO4/c1-21(13-14-8-9-16(23-2)15(20)12-14)19(22)10-11-25-18-7-5-4-6-17(18)24-3/h4-9,12H,10-11,13H2,1-3H3. The van der Waals surface area contributed by atoms with Crippen LogP contribution in [0, 0.1) is 5.82 Å². The van der Waals surface area contributed by atoms with E-state index in [9.17, 15) is 9.18 Å². The molecule has 0 unspecified atom stereocenters. The number of amides is 1. The van der Waals surface area contributed by atoms with Gasteiger partial charge in [-0.25, -0.2) is 4.39 Å². The molecule has 0 aliphatic heterocycles. The zero-order valence-electron chi connectivity index (χ0n) is 14.6. The van der Waals surface area contributed by atoms with Gasteiger partial charge in [0, 0.05) is 13.6 Å². The van der Waals surface area contributed by atoms with Gasteiger partial charge in [0.15, 0.2) is 23.1 Å². The quantitative estimate of drug-likeness (QED) is 0.735.